The molecule has 2 aromatic rings. The Balaban J connectivity index is 1.47. The smallest absolute Gasteiger partial charge is 0.223 e. The van der Waals surface area contributed by atoms with E-state index >= 15 is 0 Å². The lowest BCUT2D eigenvalue weighted by atomic mass is 9.97. The van der Waals surface area contributed by atoms with E-state index in [1.165, 1.54) is 22.7 Å². The molecule has 2 aromatic carbocycles. The number of piperidine rings is 1. The predicted molar refractivity (Wildman–Crippen MR) is 104 cm³/mol. The van der Waals surface area contributed by atoms with Crippen molar-refractivity contribution in [3.63, 3.8) is 0 Å². The lowest BCUT2D eigenvalue weighted by molar-refractivity contribution is -0.126. The maximum atomic E-state index is 12.9. The van der Waals surface area contributed by atoms with Crippen molar-refractivity contribution in [3.8, 4) is 11.5 Å². The van der Waals surface area contributed by atoms with Crippen LogP contribution < -0.4 is 10.1 Å². The van der Waals surface area contributed by atoms with Crippen LogP contribution in [0.15, 0.2) is 48.5 Å². The van der Waals surface area contributed by atoms with E-state index in [2.05, 4.69) is 5.32 Å². The highest BCUT2D eigenvalue weighted by Gasteiger charge is 2.28. The van der Waals surface area contributed by atoms with Crippen LogP contribution in [0, 0.1) is 11.7 Å². The highest BCUT2D eigenvalue weighted by molar-refractivity contribution is 7.88. The van der Waals surface area contributed by atoms with E-state index in [0.29, 0.717) is 44.0 Å². The second-order valence-electron chi connectivity index (χ2n) is 6.85. The fourth-order valence-corrected chi connectivity index (χ4v) is 3.97. The molecule has 0 aromatic heterocycles. The number of nitrogens with one attached hydrogen (secondary N) is 1. The van der Waals surface area contributed by atoms with Crippen LogP contribution in [0.3, 0.4) is 0 Å². The molecule has 0 radical (unpaired) electrons. The van der Waals surface area contributed by atoms with Crippen molar-refractivity contribution < 1.29 is 22.3 Å². The Bertz CT molecular complexity index is 906. The summed E-state index contributed by atoms with van der Waals surface area (Å²) >= 11 is 0. The van der Waals surface area contributed by atoms with Gasteiger partial charge in [0.15, 0.2) is 0 Å². The molecule has 3 rings (SSSR count). The van der Waals surface area contributed by atoms with Gasteiger partial charge in [0.05, 0.1) is 6.26 Å². The maximum absolute atomic E-state index is 12.9. The Morgan fingerprint density at radius 3 is 2.14 bits per heavy atom. The number of carbonyl (C=O) groups excluding carboxylic acids is 1. The number of carbonyl (C=O) groups is 1. The number of hydrogen-bond acceptors (Lipinski definition) is 4. The average Bonchev–Trinajstić information content (AvgIpc) is 2.68. The Hall–Kier alpha value is -2.45. The van der Waals surface area contributed by atoms with Gasteiger partial charge in [-0.05, 0) is 54.8 Å². The quantitative estimate of drug-likeness (QED) is 0.800. The first-order chi connectivity index (χ1) is 13.3. The van der Waals surface area contributed by atoms with Crippen molar-refractivity contribution in [1.29, 1.82) is 0 Å². The molecule has 28 heavy (non-hydrogen) atoms. The summed E-state index contributed by atoms with van der Waals surface area (Å²) in [5.41, 5.74) is 0.924. The van der Waals surface area contributed by atoms with E-state index in [9.17, 15) is 17.6 Å². The van der Waals surface area contributed by atoms with E-state index in [1.807, 2.05) is 12.1 Å². The summed E-state index contributed by atoms with van der Waals surface area (Å²) in [5, 5.41) is 2.91. The van der Waals surface area contributed by atoms with Gasteiger partial charge >= 0.3 is 0 Å². The zero-order valence-electron chi connectivity index (χ0n) is 15.6. The van der Waals surface area contributed by atoms with Crippen LogP contribution in [0.4, 0.5) is 4.39 Å². The summed E-state index contributed by atoms with van der Waals surface area (Å²) in [6, 6.07) is 13.1. The summed E-state index contributed by atoms with van der Waals surface area (Å²) in [7, 11) is -3.19. The summed E-state index contributed by atoms with van der Waals surface area (Å²) in [4.78, 5) is 12.3. The Morgan fingerprint density at radius 1 is 1.07 bits per heavy atom. The zero-order chi connectivity index (χ0) is 20.1. The van der Waals surface area contributed by atoms with Crippen LogP contribution in [0.5, 0.6) is 11.5 Å². The predicted octanol–water partition coefficient (Wildman–Crippen LogP) is 2.91. The van der Waals surface area contributed by atoms with Gasteiger partial charge in [-0.2, -0.15) is 0 Å². The topological polar surface area (TPSA) is 75.7 Å². The first kappa shape index (κ1) is 20.3. The van der Waals surface area contributed by atoms with E-state index in [-0.39, 0.29) is 17.6 Å². The number of halogens is 1. The molecule has 1 aliphatic rings. The van der Waals surface area contributed by atoms with Gasteiger partial charge in [-0.3, -0.25) is 4.79 Å². The molecule has 1 amide bonds. The number of sulfonamides is 1. The van der Waals surface area contributed by atoms with E-state index in [4.69, 9.17) is 4.74 Å². The minimum Gasteiger partial charge on any atom is -0.457 e. The fraction of sp³-hybridized carbons (Fsp3) is 0.350. The largest absolute Gasteiger partial charge is 0.457 e. The second-order valence-corrected chi connectivity index (χ2v) is 8.84. The van der Waals surface area contributed by atoms with Gasteiger partial charge in [-0.1, -0.05) is 12.1 Å². The molecule has 0 unspecified atom stereocenters. The van der Waals surface area contributed by atoms with Gasteiger partial charge < -0.3 is 10.1 Å². The van der Waals surface area contributed by atoms with Gasteiger partial charge in [0.2, 0.25) is 15.9 Å². The fourth-order valence-electron chi connectivity index (χ4n) is 3.10. The van der Waals surface area contributed by atoms with E-state index < -0.39 is 10.0 Å². The molecule has 1 N–H and O–H groups in total. The van der Waals surface area contributed by atoms with Crippen molar-refractivity contribution in [2.45, 2.75) is 19.4 Å². The minimum atomic E-state index is -3.19. The second kappa shape index (κ2) is 8.70. The van der Waals surface area contributed by atoms with Gasteiger partial charge in [0.1, 0.15) is 17.3 Å². The Morgan fingerprint density at radius 2 is 1.61 bits per heavy atom. The molecular weight excluding hydrogens is 383 g/mol. The number of benzene rings is 2. The van der Waals surface area contributed by atoms with Crippen LogP contribution in [0.1, 0.15) is 18.4 Å². The molecule has 1 fully saturated rings. The number of rotatable bonds is 6. The van der Waals surface area contributed by atoms with Crippen molar-refractivity contribution in [1.82, 2.24) is 9.62 Å². The minimum absolute atomic E-state index is 0.0558. The third-order valence-electron chi connectivity index (χ3n) is 4.73. The highest BCUT2D eigenvalue weighted by atomic mass is 32.2. The number of ether oxygens (including phenoxy) is 1. The maximum Gasteiger partial charge on any atom is 0.223 e. The van der Waals surface area contributed by atoms with Crippen molar-refractivity contribution in [3.05, 3.63) is 59.9 Å². The molecule has 0 saturated carbocycles. The zero-order valence-corrected chi connectivity index (χ0v) is 16.4. The molecule has 0 aliphatic carbocycles. The molecule has 0 spiro atoms. The van der Waals surface area contributed by atoms with Gasteiger partial charge in [0.25, 0.3) is 0 Å². The molecule has 0 bridgehead atoms. The molecular formula is C20H23FN2O4S. The first-order valence-electron chi connectivity index (χ1n) is 9.06. The van der Waals surface area contributed by atoms with Crippen molar-refractivity contribution >= 4 is 15.9 Å². The van der Waals surface area contributed by atoms with Crippen LogP contribution in [0.25, 0.3) is 0 Å². The van der Waals surface area contributed by atoms with Crippen LogP contribution in [-0.4, -0.2) is 38.0 Å². The summed E-state index contributed by atoms with van der Waals surface area (Å²) in [6.45, 7) is 1.15. The third kappa shape index (κ3) is 5.53. The molecule has 6 nitrogen and oxygen atoms in total. The first-order valence-corrected chi connectivity index (χ1v) is 10.9. The van der Waals surface area contributed by atoms with Gasteiger partial charge in [-0.25, -0.2) is 17.1 Å². The Kier molecular flexibility index (Phi) is 6.31. The highest BCUT2D eigenvalue weighted by Crippen LogP contribution is 2.22. The van der Waals surface area contributed by atoms with Crippen LogP contribution >= 0.6 is 0 Å². The van der Waals surface area contributed by atoms with Crippen LogP contribution in [-0.2, 0) is 21.4 Å². The van der Waals surface area contributed by atoms with Crippen LogP contribution in [0.2, 0.25) is 0 Å². The summed E-state index contributed by atoms with van der Waals surface area (Å²) < 4.78 is 43.0. The Labute approximate surface area is 164 Å². The molecule has 0 atom stereocenters. The standard InChI is InChI=1S/C20H23FN2O4S/c1-28(25,26)23-12-10-16(11-13-23)20(24)22-14-15-2-6-18(7-3-15)27-19-8-4-17(21)5-9-19/h2-9,16H,10-14H2,1H3,(H,22,24). The van der Waals surface area contributed by atoms with Gasteiger partial charge in [-0.15, -0.1) is 0 Å². The summed E-state index contributed by atoms with van der Waals surface area (Å²) in [5.74, 6) is 0.622. The third-order valence-corrected chi connectivity index (χ3v) is 6.04. The molecule has 1 saturated heterocycles. The average molecular weight is 406 g/mol. The molecule has 1 heterocycles. The number of hydrogen-bond donors (Lipinski definition) is 1. The number of nitrogens with zero attached hydrogens (tertiary/aromatic N) is 1. The molecule has 150 valence electrons. The van der Waals surface area contributed by atoms with Crippen molar-refractivity contribution in [2.75, 3.05) is 19.3 Å². The molecule has 8 heteroatoms. The normalized spacial score (nSPS) is 15.9. The van der Waals surface area contributed by atoms with E-state index in [0.717, 1.165) is 5.56 Å². The summed E-state index contributed by atoms with van der Waals surface area (Å²) in [6.07, 6.45) is 2.25. The lowest BCUT2D eigenvalue weighted by Crippen LogP contribution is -2.42. The van der Waals surface area contributed by atoms with Crippen molar-refractivity contribution in [2.24, 2.45) is 5.92 Å². The SMILES string of the molecule is CS(=O)(=O)N1CCC(C(=O)NCc2ccc(Oc3ccc(F)cc3)cc2)CC1. The lowest BCUT2D eigenvalue weighted by Gasteiger charge is -2.29. The number of amides is 1. The van der Waals surface area contributed by atoms with Gasteiger partial charge in [0, 0.05) is 25.6 Å². The van der Waals surface area contributed by atoms with E-state index in [1.54, 1.807) is 24.3 Å². The molecule has 1 aliphatic heterocycles. The monoisotopic (exact) mass is 406 g/mol.